The van der Waals surface area contributed by atoms with Crippen LogP contribution in [-0.4, -0.2) is 17.8 Å². The van der Waals surface area contributed by atoms with Crippen LogP contribution in [0.3, 0.4) is 0 Å². The van der Waals surface area contributed by atoms with Gasteiger partial charge in [-0.2, -0.15) is 0 Å². The zero-order valence-electron chi connectivity index (χ0n) is 48.9. The van der Waals surface area contributed by atoms with Gasteiger partial charge in [0.15, 0.2) is 0 Å². The van der Waals surface area contributed by atoms with Crippen LogP contribution in [0.4, 0.5) is 39.8 Å². The summed E-state index contributed by atoms with van der Waals surface area (Å²) in [6.45, 7) is 24.8. The summed E-state index contributed by atoms with van der Waals surface area (Å²) in [5.41, 5.74) is 26.5. The van der Waals surface area contributed by atoms with Crippen molar-refractivity contribution < 1.29 is 0 Å². The van der Waals surface area contributed by atoms with Crippen LogP contribution >= 0.6 is 0 Å². The predicted molar refractivity (Wildman–Crippen MR) is 343 cm³/mol. The summed E-state index contributed by atoms with van der Waals surface area (Å²) < 4.78 is 0. The lowest BCUT2D eigenvalue weighted by atomic mass is 9.33. The van der Waals surface area contributed by atoms with Crippen molar-refractivity contribution in [3.8, 4) is 33.4 Å². The Morgan fingerprint density at radius 2 is 0.938 bits per heavy atom. The van der Waals surface area contributed by atoms with Crippen LogP contribution in [0.5, 0.6) is 0 Å². The molecule has 0 N–H and O–H groups in total. The first kappa shape index (κ1) is 49.7. The van der Waals surface area contributed by atoms with Crippen molar-refractivity contribution in [2.45, 2.75) is 153 Å². The third kappa shape index (κ3) is 6.86. The van der Waals surface area contributed by atoms with Gasteiger partial charge in [-0.15, -0.1) is 0 Å². The number of hydrogen-bond donors (Lipinski definition) is 0. The van der Waals surface area contributed by atoms with Gasteiger partial charge < -0.3 is 14.7 Å². The number of benzene rings is 9. The number of hydrogen-bond acceptors (Lipinski definition) is 3. The second-order valence-electron chi connectivity index (χ2n) is 28.0. The van der Waals surface area contributed by atoms with Crippen molar-refractivity contribution in [3.63, 3.8) is 0 Å². The maximum Gasteiger partial charge on any atom is 0.252 e. The van der Waals surface area contributed by atoms with Crippen LogP contribution in [0, 0.1) is 0 Å². The minimum absolute atomic E-state index is 0.00332. The van der Waals surface area contributed by atoms with E-state index in [-0.39, 0.29) is 39.5 Å². The Bertz CT molecular complexity index is 4030. The van der Waals surface area contributed by atoms with Gasteiger partial charge >= 0.3 is 0 Å². The Hall–Kier alpha value is -7.30. The van der Waals surface area contributed by atoms with Crippen LogP contribution in [0.1, 0.15) is 143 Å². The number of rotatable bonds is 5. The zero-order valence-corrected chi connectivity index (χ0v) is 48.9. The highest BCUT2D eigenvalue weighted by atomic mass is 15.3. The molecule has 4 aliphatic heterocycles. The van der Waals surface area contributed by atoms with E-state index in [2.05, 4.69) is 266 Å². The van der Waals surface area contributed by atoms with Gasteiger partial charge in [0.1, 0.15) is 0 Å². The van der Waals surface area contributed by atoms with Crippen LogP contribution < -0.4 is 31.1 Å². The molecule has 9 aromatic carbocycles. The fourth-order valence-electron chi connectivity index (χ4n) is 16.7. The van der Waals surface area contributed by atoms with E-state index in [9.17, 15) is 0 Å². The lowest BCUT2D eigenvalue weighted by Crippen LogP contribution is -2.64. The smallest absolute Gasteiger partial charge is 0.252 e. The molecule has 15 rings (SSSR count). The van der Waals surface area contributed by atoms with E-state index in [4.69, 9.17) is 0 Å². The monoisotopic (exact) mass is 1040 g/mol. The van der Waals surface area contributed by atoms with Gasteiger partial charge in [-0.3, -0.25) is 0 Å². The molecule has 0 bridgehead atoms. The molecule has 0 saturated heterocycles. The van der Waals surface area contributed by atoms with E-state index >= 15 is 0 Å². The second-order valence-corrected chi connectivity index (χ2v) is 28.0. The van der Waals surface area contributed by atoms with Gasteiger partial charge in [-0.25, -0.2) is 0 Å². The van der Waals surface area contributed by atoms with Crippen LogP contribution in [0.15, 0.2) is 182 Å². The third-order valence-electron chi connectivity index (χ3n) is 21.6. The summed E-state index contributed by atoms with van der Waals surface area (Å²) >= 11 is 0. The number of nitrogens with zero attached hydrogens (tertiary/aromatic N) is 3. The summed E-state index contributed by atoms with van der Waals surface area (Å²) in [4.78, 5) is 8.59. The van der Waals surface area contributed by atoms with Gasteiger partial charge in [0.2, 0.25) is 0 Å². The fourth-order valence-corrected chi connectivity index (χ4v) is 16.7. The summed E-state index contributed by atoms with van der Waals surface area (Å²) in [7, 11) is 0. The molecule has 4 heteroatoms. The molecule has 2 aliphatic carbocycles. The second kappa shape index (κ2) is 17.1. The highest BCUT2D eigenvalue weighted by molar-refractivity contribution is 7.00. The SMILES string of the molecule is CC(C)(C)c1ccc2c(c1)B1c3cc(-c4ccccc4)cc4c3N(c3cc(N5c6ccc(-c7ccccc7)cc6C6(C)CCCCC56C)cc(c31)N2c1ccc(C(C)(C)C)cc1-c1ccc2ccccc2c1)C1(C)CCCCC41C. The molecule has 4 heterocycles. The molecule has 2 saturated carbocycles. The zero-order chi connectivity index (χ0) is 54.9. The van der Waals surface area contributed by atoms with Gasteiger partial charge in [-0.1, -0.05) is 208 Å². The van der Waals surface area contributed by atoms with Gasteiger partial charge in [-0.05, 0) is 182 Å². The molecule has 0 aromatic heterocycles. The Kier molecular flexibility index (Phi) is 10.6. The molecule has 0 amide bonds. The van der Waals surface area contributed by atoms with Crippen LogP contribution in [-0.2, 0) is 21.7 Å². The molecule has 4 unspecified atom stereocenters. The molecule has 2 fully saturated rings. The molecular weight excluding hydrogens is 966 g/mol. The van der Waals surface area contributed by atoms with Gasteiger partial charge in [0.05, 0.1) is 16.8 Å². The maximum atomic E-state index is 2.96. The summed E-state index contributed by atoms with van der Waals surface area (Å²) in [6.07, 6.45) is 9.53. The summed E-state index contributed by atoms with van der Waals surface area (Å²) in [6, 6.07) is 71.6. The van der Waals surface area contributed by atoms with Crippen molar-refractivity contribution in [1.29, 1.82) is 0 Å². The third-order valence-corrected chi connectivity index (χ3v) is 21.6. The molecule has 398 valence electrons. The molecule has 6 aliphatic rings. The first-order valence-electron chi connectivity index (χ1n) is 30.2. The highest BCUT2D eigenvalue weighted by Crippen LogP contribution is 2.65. The highest BCUT2D eigenvalue weighted by Gasteiger charge is 2.63. The van der Waals surface area contributed by atoms with E-state index in [0.717, 1.165) is 12.8 Å². The molecule has 3 nitrogen and oxygen atoms in total. The normalized spacial score (nSPS) is 23.3. The van der Waals surface area contributed by atoms with E-state index in [1.165, 1.54) is 161 Å². The lowest BCUT2D eigenvalue weighted by Gasteiger charge is -2.54. The molecular formula is C76H76BN3. The van der Waals surface area contributed by atoms with Crippen molar-refractivity contribution in [3.05, 3.63) is 204 Å². The lowest BCUT2D eigenvalue weighted by molar-refractivity contribution is 0.194. The Labute approximate surface area is 476 Å². The van der Waals surface area contributed by atoms with Crippen molar-refractivity contribution in [2.24, 2.45) is 0 Å². The summed E-state index contributed by atoms with van der Waals surface area (Å²) in [5.74, 6) is 0. The topological polar surface area (TPSA) is 9.72 Å². The van der Waals surface area contributed by atoms with Gasteiger partial charge in [0.25, 0.3) is 6.71 Å². The van der Waals surface area contributed by atoms with Crippen molar-refractivity contribution in [2.75, 3.05) is 14.7 Å². The quantitative estimate of drug-likeness (QED) is 0.159. The fraction of sp³-hybridized carbons (Fsp3) is 0.316. The molecule has 0 spiro atoms. The van der Waals surface area contributed by atoms with E-state index in [1.54, 1.807) is 0 Å². The van der Waals surface area contributed by atoms with E-state index in [0.29, 0.717) is 0 Å². The number of fused-ring (bicyclic) bond motifs is 11. The van der Waals surface area contributed by atoms with E-state index in [1.807, 2.05) is 0 Å². The van der Waals surface area contributed by atoms with Gasteiger partial charge in [0, 0.05) is 50.5 Å². The number of anilines is 7. The standard InChI is InChI=1S/C76H76BN3/c1-71(2,3)56-32-35-64(59(45-56)54-30-29-51-27-17-18-28-52(51)41-54)78-66-36-33-57(72(4,5)6)46-62(66)77-63-44-55(50-25-15-12-16-26-50)43-61-70(63)80(76(10)40-22-20-38-74(61,76)8)68-48-58(47-67(78)69(68)77)79-65-34-31-53(49-23-13-11-14-24-49)42-60(65)73(7)37-19-21-39-75(73,79)9/h11-18,23-36,41-48H,19-22,37-40H2,1-10H3. The molecule has 80 heavy (non-hydrogen) atoms. The first-order valence-corrected chi connectivity index (χ1v) is 30.2. The van der Waals surface area contributed by atoms with Crippen LogP contribution in [0.25, 0.3) is 44.2 Å². The van der Waals surface area contributed by atoms with Crippen LogP contribution in [0.2, 0.25) is 0 Å². The minimum Gasteiger partial charge on any atom is -0.335 e. The molecule has 9 aromatic rings. The molecule has 4 atom stereocenters. The van der Waals surface area contributed by atoms with Crippen molar-refractivity contribution >= 4 is 73.7 Å². The van der Waals surface area contributed by atoms with E-state index < -0.39 is 0 Å². The Balaban J connectivity index is 1.08. The average Bonchev–Trinajstić information content (AvgIpc) is 3.39. The minimum atomic E-state index is -0.163. The average molecular weight is 1040 g/mol. The van der Waals surface area contributed by atoms with Crippen molar-refractivity contribution in [1.82, 2.24) is 0 Å². The maximum absolute atomic E-state index is 2.96. The summed E-state index contributed by atoms with van der Waals surface area (Å²) in [5, 5.41) is 2.52. The predicted octanol–water partition coefficient (Wildman–Crippen LogP) is 18.5. The Morgan fingerprint density at radius 1 is 0.388 bits per heavy atom. The largest absolute Gasteiger partial charge is 0.335 e. The Morgan fingerprint density at radius 3 is 1.62 bits per heavy atom. The molecule has 0 radical (unpaired) electrons. The first-order chi connectivity index (χ1) is 38.4.